The second-order valence-electron chi connectivity index (χ2n) is 6.18. The van der Waals surface area contributed by atoms with Crippen LogP contribution < -0.4 is 0 Å². The van der Waals surface area contributed by atoms with Gasteiger partial charge in [0.25, 0.3) is 0 Å². The minimum Gasteiger partial charge on any atom is -0.379 e. The number of hydrogen-bond donors (Lipinski definition) is 0. The van der Waals surface area contributed by atoms with E-state index in [0.29, 0.717) is 5.15 Å². The number of ether oxygens (including phenoxy) is 1. The number of morpholine rings is 1. The Bertz CT molecular complexity index is 895. The van der Waals surface area contributed by atoms with Crippen LogP contribution in [0.3, 0.4) is 0 Å². The number of hydrogen-bond acceptors (Lipinski definition) is 6. The summed E-state index contributed by atoms with van der Waals surface area (Å²) in [4.78, 5) is 13.9. The van der Waals surface area contributed by atoms with Gasteiger partial charge in [0, 0.05) is 35.8 Å². The van der Waals surface area contributed by atoms with Gasteiger partial charge < -0.3 is 4.74 Å². The molecular weight excluding hydrogens is 386 g/mol. The molecule has 4 nitrogen and oxygen atoms in total. The first-order chi connectivity index (χ1) is 12.7. The Morgan fingerprint density at radius 1 is 1.19 bits per heavy atom. The predicted molar refractivity (Wildman–Crippen MR) is 111 cm³/mol. The number of thioether (sulfide) groups is 1. The number of halogens is 1. The SMILES string of the molecule is Cc1sc2nc(SCCN3CCOCC3)nc(Cl)c2c1-c1ccccc1. The minimum absolute atomic E-state index is 0.548. The van der Waals surface area contributed by atoms with Crippen LogP contribution in [0.25, 0.3) is 21.3 Å². The summed E-state index contributed by atoms with van der Waals surface area (Å²) >= 11 is 9.93. The molecule has 0 aliphatic carbocycles. The number of aromatic nitrogens is 2. The standard InChI is InChI=1S/C19H20ClN3OS2/c1-13-15(14-5-3-2-4-6-14)16-17(20)21-19(22-18(16)26-13)25-12-9-23-7-10-24-11-8-23/h2-6H,7-12H2,1H3. The van der Waals surface area contributed by atoms with Crippen molar-refractivity contribution < 1.29 is 4.74 Å². The van der Waals surface area contributed by atoms with Gasteiger partial charge in [-0.2, -0.15) is 0 Å². The minimum atomic E-state index is 0.548. The van der Waals surface area contributed by atoms with Gasteiger partial charge in [0.1, 0.15) is 9.98 Å². The molecule has 1 saturated heterocycles. The second kappa shape index (κ2) is 8.23. The Morgan fingerprint density at radius 3 is 2.73 bits per heavy atom. The Labute approximate surface area is 166 Å². The summed E-state index contributed by atoms with van der Waals surface area (Å²) in [6.07, 6.45) is 0. The maximum atomic E-state index is 6.57. The first-order valence-corrected chi connectivity index (χ1v) is 10.9. The molecule has 1 aromatic carbocycles. The Kier molecular flexibility index (Phi) is 5.76. The van der Waals surface area contributed by atoms with Crippen molar-refractivity contribution in [3.63, 3.8) is 0 Å². The van der Waals surface area contributed by atoms with Crippen LogP contribution in [-0.4, -0.2) is 53.5 Å². The Hall–Kier alpha value is -1.18. The van der Waals surface area contributed by atoms with Crippen molar-refractivity contribution in [3.05, 3.63) is 40.4 Å². The average molecular weight is 406 g/mol. The third-order valence-electron chi connectivity index (χ3n) is 4.47. The van der Waals surface area contributed by atoms with E-state index in [0.717, 1.165) is 65.1 Å². The molecule has 0 unspecified atom stereocenters. The molecule has 3 aromatic rings. The van der Waals surface area contributed by atoms with Crippen LogP contribution in [0, 0.1) is 6.92 Å². The van der Waals surface area contributed by atoms with E-state index in [2.05, 4.69) is 28.9 Å². The first kappa shape index (κ1) is 18.2. The summed E-state index contributed by atoms with van der Waals surface area (Å²) < 4.78 is 5.39. The summed E-state index contributed by atoms with van der Waals surface area (Å²) in [5.41, 5.74) is 2.31. The van der Waals surface area contributed by atoms with Crippen molar-refractivity contribution in [1.82, 2.24) is 14.9 Å². The molecule has 0 saturated carbocycles. The summed E-state index contributed by atoms with van der Waals surface area (Å²) in [7, 11) is 0. The van der Waals surface area contributed by atoms with Gasteiger partial charge in [-0.1, -0.05) is 53.7 Å². The van der Waals surface area contributed by atoms with E-state index in [1.165, 1.54) is 4.88 Å². The van der Waals surface area contributed by atoms with Gasteiger partial charge in [-0.3, -0.25) is 4.90 Å². The average Bonchev–Trinajstić information content (AvgIpc) is 3.00. The lowest BCUT2D eigenvalue weighted by Crippen LogP contribution is -2.37. The van der Waals surface area contributed by atoms with Crippen LogP contribution in [0.5, 0.6) is 0 Å². The number of benzene rings is 1. The molecule has 136 valence electrons. The van der Waals surface area contributed by atoms with Gasteiger partial charge in [0.05, 0.1) is 18.6 Å². The predicted octanol–water partition coefficient (Wildman–Crippen LogP) is 4.74. The molecule has 0 N–H and O–H groups in total. The van der Waals surface area contributed by atoms with Crippen LogP contribution in [0.2, 0.25) is 5.15 Å². The third-order valence-corrected chi connectivity index (χ3v) is 6.57. The summed E-state index contributed by atoms with van der Waals surface area (Å²) in [6.45, 7) is 6.81. The van der Waals surface area contributed by atoms with Crippen molar-refractivity contribution in [3.8, 4) is 11.1 Å². The van der Waals surface area contributed by atoms with Crippen LogP contribution in [0.1, 0.15) is 4.88 Å². The molecule has 0 amide bonds. The molecule has 4 rings (SSSR count). The van der Waals surface area contributed by atoms with Crippen molar-refractivity contribution >= 4 is 44.9 Å². The highest BCUT2D eigenvalue weighted by Crippen LogP contribution is 2.41. The molecule has 1 aliphatic heterocycles. The molecule has 3 heterocycles. The molecule has 1 fully saturated rings. The summed E-state index contributed by atoms with van der Waals surface area (Å²) in [5.74, 6) is 0.956. The molecule has 26 heavy (non-hydrogen) atoms. The highest BCUT2D eigenvalue weighted by atomic mass is 35.5. The largest absolute Gasteiger partial charge is 0.379 e. The Balaban J connectivity index is 1.55. The van der Waals surface area contributed by atoms with Gasteiger partial charge in [-0.15, -0.1) is 11.3 Å². The van der Waals surface area contributed by atoms with Crippen LogP contribution >= 0.6 is 34.7 Å². The highest BCUT2D eigenvalue weighted by Gasteiger charge is 2.18. The van der Waals surface area contributed by atoms with E-state index in [4.69, 9.17) is 21.3 Å². The Morgan fingerprint density at radius 2 is 1.96 bits per heavy atom. The van der Waals surface area contributed by atoms with Gasteiger partial charge in [0.15, 0.2) is 5.16 Å². The van der Waals surface area contributed by atoms with Gasteiger partial charge >= 0.3 is 0 Å². The van der Waals surface area contributed by atoms with Gasteiger partial charge in [0.2, 0.25) is 0 Å². The smallest absolute Gasteiger partial charge is 0.190 e. The number of aryl methyl sites for hydroxylation is 1. The number of thiophene rings is 1. The van der Waals surface area contributed by atoms with Crippen molar-refractivity contribution in [2.75, 3.05) is 38.6 Å². The van der Waals surface area contributed by atoms with Gasteiger partial charge in [-0.25, -0.2) is 9.97 Å². The topological polar surface area (TPSA) is 38.2 Å². The lowest BCUT2D eigenvalue weighted by atomic mass is 10.0. The van der Waals surface area contributed by atoms with Crippen molar-refractivity contribution in [2.45, 2.75) is 12.1 Å². The molecule has 0 atom stereocenters. The first-order valence-electron chi connectivity index (χ1n) is 8.67. The summed E-state index contributed by atoms with van der Waals surface area (Å²) in [6, 6.07) is 10.3. The molecule has 0 spiro atoms. The quantitative estimate of drug-likeness (QED) is 0.348. The zero-order valence-electron chi connectivity index (χ0n) is 14.6. The lowest BCUT2D eigenvalue weighted by Gasteiger charge is -2.26. The van der Waals surface area contributed by atoms with E-state index in [-0.39, 0.29) is 0 Å². The number of rotatable bonds is 5. The van der Waals surface area contributed by atoms with E-state index < -0.39 is 0 Å². The van der Waals surface area contributed by atoms with Crippen molar-refractivity contribution in [1.29, 1.82) is 0 Å². The van der Waals surface area contributed by atoms with Crippen LogP contribution in [0.15, 0.2) is 35.5 Å². The highest BCUT2D eigenvalue weighted by molar-refractivity contribution is 7.99. The maximum Gasteiger partial charge on any atom is 0.190 e. The van der Waals surface area contributed by atoms with E-state index >= 15 is 0 Å². The number of fused-ring (bicyclic) bond motifs is 1. The molecule has 0 bridgehead atoms. The fourth-order valence-electron chi connectivity index (χ4n) is 3.16. The normalized spacial score (nSPS) is 15.6. The van der Waals surface area contributed by atoms with E-state index in [9.17, 15) is 0 Å². The molecule has 0 radical (unpaired) electrons. The second-order valence-corrected chi connectivity index (χ2v) is 8.80. The van der Waals surface area contributed by atoms with Crippen LogP contribution in [0.4, 0.5) is 0 Å². The maximum absolute atomic E-state index is 6.57. The lowest BCUT2D eigenvalue weighted by molar-refractivity contribution is 0.0410. The van der Waals surface area contributed by atoms with Gasteiger partial charge in [-0.05, 0) is 12.5 Å². The monoisotopic (exact) mass is 405 g/mol. The molecule has 7 heteroatoms. The fourth-order valence-corrected chi connectivity index (χ4v) is 5.48. The zero-order chi connectivity index (χ0) is 17.9. The molecular formula is C19H20ClN3OS2. The third kappa shape index (κ3) is 3.89. The van der Waals surface area contributed by atoms with Crippen molar-refractivity contribution in [2.24, 2.45) is 0 Å². The summed E-state index contributed by atoms with van der Waals surface area (Å²) in [5, 5.41) is 2.28. The molecule has 1 aliphatic rings. The fraction of sp³-hybridized carbons (Fsp3) is 0.368. The number of nitrogens with zero attached hydrogens (tertiary/aromatic N) is 3. The van der Waals surface area contributed by atoms with Crippen LogP contribution in [-0.2, 0) is 4.74 Å². The molecule has 2 aromatic heterocycles. The zero-order valence-corrected chi connectivity index (χ0v) is 17.0. The van der Waals surface area contributed by atoms with E-state index in [1.807, 2.05) is 18.2 Å². The van der Waals surface area contributed by atoms with E-state index in [1.54, 1.807) is 23.1 Å².